The van der Waals surface area contributed by atoms with Gasteiger partial charge in [-0.2, -0.15) is 0 Å². The lowest BCUT2D eigenvalue weighted by Crippen LogP contribution is -2.25. The van der Waals surface area contributed by atoms with Gasteiger partial charge in [0.1, 0.15) is 0 Å². The van der Waals surface area contributed by atoms with Crippen LogP contribution in [0.5, 0.6) is 0 Å². The van der Waals surface area contributed by atoms with E-state index in [2.05, 4.69) is 0 Å². The van der Waals surface area contributed by atoms with Crippen LogP contribution in [0.1, 0.15) is 0 Å². The summed E-state index contributed by atoms with van der Waals surface area (Å²) in [6, 6.07) is 2.52. The van der Waals surface area contributed by atoms with Crippen LogP contribution in [0.15, 0.2) is 31.3 Å². The van der Waals surface area contributed by atoms with E-state index in [4.69, 9.17) is 13.8 Å². The largest absolute Gasteiger partial charge is 0.274 e. The highest BCUT2D eigenvalue weighted by atomic mass is 16.2. The predicted molar refractivity (Wildman–Crippen MR) is 73.5 cm³/mol. The second-order valence-corrected chi connectivity index (χ2v) is 4.39. The summed E-state index contributed by atoms with van der Waals surface area (Å²) in [5.74, 6) is 0. The number of nitrogens with zero attached hydrogens (tertiary/aromatic N) is 2. The van der Waals surface area contributed by atoms with Gasteiger partial charge in [-0.1, -0.05) is 0 Å². The third kappa shape index (κ3) is 1.33. The zero-order chi connectivity index (χ0) is 14.6. The third-order valence-electron chi connectivity index (χ3n) is 3.43. The molecular weight excluding hydrogens is 260 g/mol. The molecule has 0 unspecified atom stereocenters. The van der Waals surface area contributed by atoms with Crippen LogP contribution in [0.2, 0.25) is 0 Å². The van der Waals surface area contributed by atoms with E-state index < -0.39 is 22.2 Å². The van der Waals surface area contributed by atoms with Gasteiger partial charge in [-0.05, 0) is 26.0 Å². The standard InChI is InChI=1S/C14H8N2O4/c1-3-15-11(17)7-5-9-10(6-8(7)12(15)18)14(20)16(4-2)13(9)19/h1-2,5-6H,3-4H2. The zero-order valence-electron chi connectivity index (χ0n) is 10.3. The minimum absolute atomic E-state index is 0.0826. The van der Waals surface area contributed by atoms with E-state index in [9.17, 15) is 19.2 Å². The summed E-state index contributed by atoms with van der Waals surface area (Å²) in [7, 11) is 0. The first-order chi connectivity index (χ1) is 9.51. The van der Waals surface area contributed by atoms with Crippen molar-refractivity contribution >= 4 is 21.5 Å². The van der Waals surface area contributed by atoms with Crippen LogP contribution in [-0.4, -0.2) is 9.13 Å². The molecule has 0 aliphatic carbocycles. The smallest absolute Gasteiger partial charge is 0.261 e. The predicted octanol–water partition coefficient (Wildman–Crippen LogP) is -0.665. The number of hydrogen-bond acceptors (Lipinski definition) is 4. The highest BCUT2D eigenvalue weighted by Crippen LogP contribution is 2.14. The molecule has 0 saturated heterocycles. The molecule has 2 heterocycles. The molecule has 0 atom stereocenters. The van der Waals surface area contributed by atoms with E-state index in [1.165, 1.54) is 12.1 Å². The van der Waals surface area contributed by atoms with Gasteiger partial charge in [0.05, 0.1) is 21.5 Å². The summed E-state index contributed by atoms with van der Waals surface area (Å²) in [6.07, 6.45) is 0. The molecule has 0 N–H and O–H groups in total. The van der Waals surface area contributed by atoms with Crippen LogP contribution in [0, 0.1) is 13.8 Å². The average molecular weight is 268 g/mol. The molecule has 4 radical (unpaired) electrons. The second-order valence-electron chi connectivity index (χ2n) is 4.39. The molecule has 0 bridgehead atoms. The number of hydrogen-bond donors (Lipinski definition) is 0. The maximum absolute atomic E-state index is 12.0. The molecule has 0 amide bonds. The Labute approximate surface area is 112 Å². The number of rotatable bonds is 2. The highest BCUT2D eigenvalue weighted by Gasteiger charge is 2.18. The molecule has 6 heteroatoms. The normalized spacial score (nSPS) is 11.7. The molecule has 3 rings (SSSR count). The molecular formula is C14H8N2O4. The lowest BCUT2D eigenvalue weighted by molar-refractivity contribution is 0.770. The fourth-order valence-electron chi connectivity index (χ4n) is 2.41. The molecule has 0 saturated carbocycles. The molecule has 3 aromatic rings. The molecule has 0 aliphatic rings. The van der Waals surface area contributed by atoms with Gasteiger partial charge in [-0.25, -0.2) is 0 Å². The van der Waals surface area contributed by atoms with Crippen LogP contribution in [-0.2, 0) is 13.1 Å². The van der Waals surface area contributed by atoms with Gasteiger partial charge in [0.25, 0.3) is 22.2 Å². The SMILES string of the molecule is [CH]Cn1c(=O)c2cc3c(=O)n(C[CH])c(=O)c3cc2c1=O. The number of aromatic nitrogens is 2. The summed E-state index contributed by atoms with van der Waals surface area (Å²) in [5, 5.41) is 0.330. The molecule has 98 valence electrons. The summed E-state index contributed by atoms with van der Waals surface area (Å²) in [4.78, 5) is 47.9. The molecule has 0 fully saturated rings. The van der Waals surface area contributed by atoms with Gasteiger partial charge in [0.15, 0.2) is 0 Å². The Morgan fingerprint density at radius 1 is 0.650 bits per heavy atom. The van der Waals surface area contributed by atoms with Crippen molar-refractivity contribution in [1.82, 2.24) is 9.13 Å². The minimum atomic E-state index is -0.568. The Hall–Kier alpha value is -2.50. The monoisotopic (exact) mass is 268 g/mol. The minimum Gasteiger partial charge on any atom is -0.274 e. The van der Waals surface area contributed by atoms with Crippen LogP contribution in [0.3, 0.4) is 0 Å². The maximum Gasteiger partial charge on any atom is 0.261 e. The van der Waals surface area contributed by atoms with E-state index in [0.29, 0.717) is 0 Å². The Balaban J connectivity index is 2.64. The molecule has 0 aliphatic heterocycles. The quantitative estimate of drug-likeness (QED) is 0.618. The topological polar surface area (TPSA) is 78.1 Å². The molecule has 1 aromatic carbocycles. The molecule has 2 aromatic heterocycles. The van der Waals surface area contributed by atoms with Crippen molar-refractivity contribution in [1.29, 1.82) is 0 Å². The van der Waals surface area contributed by atoms with Gasteiger partial charge in [-0.15, -0.1) is 0 Å². The maximum atomic E-state index is 12.0. The first kappa shape index (κ1) is 12.5. The van der Waals surface area contributed by atoms with Gasteiger partial charge in [-0.3, -0.25) is 28.3 Å². The molecule has 6 nitrogen and oxygen atoms in total. The first-order valence-corrected chi connectivity index (χ1v) is 5.81. The third-order valence-corrected chi connectivity index (χ3v) is 3.43. The first-order valence-electron chi connectivity index (χ1n) is 5.81. The van der Waals surface area contributed by atoms with Gasteiger partial charge in [0.2, 0.25) is 0 Å². The van der Waals surface area contributed by atoms with Crippen molar-refractivity contribution in [3.63, 3.8) is 0 Å². The van der Waals surface area contributed by atoms with Crippen LogP contribution in [0.4, 0.5) is 0 Å². The van der Waals surface area contributed by atoms with Gasteiger partial charge >= 0.3 is 0 Å². The van der Waals surface area contributed by atoms with Crippen molar-refractivity contribution in [2.75, 3.05) is 0 Å². The molecule has 0 spiro atoms. The van der Waals surface area contributed by atoms with Crippen molar-refractivity contribution in [3.8, 4) is 0 Å². The lowest BCUT2D eigenvalue weighted by atomic mass is 10.1. The van der Waals surface area contributed by atoms with E-state index in [1.807, 2.05) is 0 Å². The van der Waals surface area contributed by atoms with E-state index in [1.54, 1.807) is 0 Å². The van der Waals surface area contributed by atoms with Crippen molar-refractivity contribution < 1.29 is 0 Å². The lowest BCUT2D eigenvalue weighted by Gasteiger charge is -1.88. The Morgan fingerprint density at radius 3 is 1.10 bits per heavy atom. The summed E-state index contributed by atoms with van der Waals surface area (Å²) in [6.45, 7) is 10.2. The zero-order valence-corrected chi connectivity index (χ0v) is 10.3. The fraction of sp³-hybridized carbons (Fsp3) is 0.143. The highest BCUT2D eigenvalue weighted by molar-refractivity contribution is 5.97. The Morgan fingerprint density at radius 2 is 0.900 bits per heavy atom. The number of fused-ring (bicyclic) bond motifs is 2. The van der Waals surface area contributed by atoms with Crippen molar-refractivity contribution in [3.05, 3.63) is 67.4 Å². The van der Waals surface area contributed by atoms with Gasteiger partial charge in [0, 0.05) is 13.1 Å². The fourth-order valence-corrected chi connectivity index (χ4v) is 2.41. The van der Waals surface area contributed by atoms with Crippen LogP contribution >= 0.6 is 0 Å². The Bertz CT molecular complexity index is 885. The van der Waals surface area contributed by atoms with Crippen LogP contribution in [0.25, 0.3) is 21.5 Å². The summed E-state index contributed by atoms with van der Waals surface area (Å²) < 4.78 is 1.71. The van der Waals surface area contributed by atoms with Gasteiger partial charge < -0.3 is 0 Å². The van der Waals surface area contributed by atoms with Crippen molar-refractivity contribution in [2.24, 2.45) is 0 Å². The van der Waals surface area contributed by atoms with Crippen LogP contribution < -0.4 is 22.2 Å². The van der Waals surface area contributed by atoms with Crippen molar-refractivity contribution in [2.45, 2.75) is 13.1 Å². The second kappa shape index (κ2) is 4.00. The van der Waals surface area contributed by atoms with E-state index >= 15 is 0 Å². The average Bonchev–Trinajstić information content (AvgIpc) is 2.82. The summed E-state index contributed by atoms with van der Waals surface area (Å²) in [5.41, 5.74) is -2.27. The van der Waals surface area contributed by atoms with E-state index in [0.717, 1.165) is 9.13 Å². The summed E-state index contributed by atoms with van der Waals surface area (Å²) >= 11 is 0. The van der Waals surface area contributed by atoms with E-state index in [-0.39, 0.29) is 34.6 Å². The Kier molecular flexibility index (Phi) is 2.50. The number of benzene rings is 1. The molecule has 20 heavy (non-hydrogen) atoms.